The summed E-state index contributed by atoms with van der Waals surface area (Å²) in [5.41, 5.74) is 2.57. The van der Waals surface area contributed by atoms with Crippen molar-refractivity contribution in [3.05, 3.63) is 107 Å². The molecule has 1 heterocycles. The molecule has 5 nitrogen and oxygen atoms in total. The van der Waals surface area contributed by atoms with Crippen LogP contribution < -0.4 is 5.32 Å². The van der Waals surface area contributed by atoms with Gasteiger partial charge in [0.15, 0.2) is 0 Å². The predicted molar refractivity (Wildman–Crippen MR) is 133 cm³/mol. The maximum Gasteiger partial charge on any atom is 0.247 e. The molecule has 0 bridgehead atoms. The SMILES string of the molecule is O=C(NCC1CCCO1)C(c1ccccc1)N(Cc1ccc(Cl)cc1)C(=O)Cc1ccccc1. The van der Waals surface area contributed by atoms with Crippen molar-refractivity contribution in [2.75, 3.05) is 13.2 Å². The van der Waals surface area contributed by atoms with E-state index in [1.54, 1.807) is 17.0 Å². The topological polar surface area (TPSA) is 58.6 Å². The van der Waals surface area contributed by atoms with Crippen molar-refractivity contribution in [1.82, 2.24) is 10.2 Å². The minimum absolute atomic E-state index is 0.0186. The summed E-state index contributed by atoms with van der Waals surface area (Å²) in [4.78, 5) is 28.9. The lowest BCUT2D eigenvalue weighted by atomic mass is 10.0. The van der Waals surface area contributed by atoms with Crippen LogP contribution in [0.3, 0.4) is 0 Å². The Labute approximate surface area is 205 Å². The molecule has 1 aliphatic rings. The van der Waals surface area contributed by atoms with E-state index in [4.69, 9.17) is 16.3 Å². The average molecular weight is 477 g/mol. The van der Waals surface area contributed by atoms with E-state index in [2.05, 4.69) is 5.32 Å². The van der Waals surface area contributed by atoms with Crippen LogP contribution in [0.4, 0.5) is 0 Å². The summed E-state index contributed by atoms with van der Waals surface area (Å²) in [6.45, 7) is 1.44. The zero-order valence-corrected chi connectivity index (χ0v) is 19.8. The van der Waals surface area contributed by atoms with Crippen molar-refractivity contribution < 1.29 is 14.3 Å². The number of nitrogens with zero attached hydrogens (tertiary/aromatic N) is 1. The number of nitrogens with one attached hydrogen (secondary N) is 1. The molecule has 4 rings (SSSR count). The molecular formula is C28H29ClN2O3. The summed E-state index contributed by atoms with van der Waals surface area (Å²) in [7, 11) is 0. The number of hydrogen-bond acceptors (Lipinski definition) is 3. The Bertz CT molecular complexity index is 1070. The van der Waals surface area contributed by atoms with Crippen LogP contribution in [0.5, 0.6) is 0 Å². The molecule has 3 aromatic rings. The van der Waals surface area contributed by atoms with E-state index in [9.17, 15) is 9.59 Å². The Hall–Kier alpha value is -3.15. The highest BCUT2D eigenvalue weighted by atomic mass is 35.5. The van der Waals surface area contributed by atoms with Crippen LogP contribution in [0.25, 0.3) is 0 Å². The second-order valence-electron chi connectivity index (χ2n) is 8.50. The van der Waals surface area contributed by atoms with Crippen LogP contribution in [0, 0.1) is 0 Å². The van der Waals surface area contributed by atoms with Gasteiger partial charge in [-0.1, -0.05) is 84.4 Å². The molecule has 1 saturated heterocycles. The molecular weight excluding hydrogens is 448 g/mol. The van der Waals surface area contributed by atoms with Gasteiger partial charge in [0.05, 0.1) is 12.5 Å². The molecule has 0 saturated carbocycles. The van der Waals surface area contributed by atoms with Crippen LogP contribution in [-0.4, -0.2) is 36.0 Å². The molecule has 3 aromatic carbocycles. The van der Waals surface area contributed by atoms with Crippen molar-refractivity contribution >= 4 is 23.4 Å². The minimum atomic E-state index is -0.769. The van der Waals surface area contributed by atoms with Gasteiger partial charge in [-0.3, -0.25) is 9.59 Å². The summed E-state index contributed by atoms with van der Waals surface area (Å²) in [5.74, 6) is -0.334. The molecule has 0 aliphatic carbocycles. The second-order valence-corrected chi connectivity index (χ2v) is 8.94. The van der Waals surface area contributed by atoms with Crippen molar-refractivity contribution in [2.45, 2.75) is 38.0 Å². The van der Waals surface area contributed by atoms with Crippen LogP contribution >= 0.6 is 11.6 Å². The van der Waals surface area contributed by atoms with E-state index in [1.807, 2.05) is 72.8 Å². The normalized spacial score (nSPS) is 16.1. The molecule has 2 amide bonds. The highest BCUT2D eigenvalue weighted by Gasteiger charge is 2.32. The molecule has 6 heteroatoms. The van der Waals surface area contributed by atoms with Gasteiger partial charge in [-0.05, 0) is 41.7 Å². The highest BCUT2D eigenvalue weighted by Crippen LogP contribution is 2.26. The Balaban J connectivity index is 1.64. The molecule has 176 valence electrons. The number of carbonyl (C=O) groups excluding carboxylic acids is 2. The second kappa shape index (κ2) is 11.8. The van der Waals surface area contributed by atoms with Crippen molar-refractivity contribution in [1.29, 1.82) is 0 Å². The van der Waals surface area contributed by atoms with Gasteiger partial charge in [-0.25, -0.2) is 0 Å². The van der Waals surface area contributed by atoms with Crippen LogP contribution in [0.15, 0.2) is 84.9 Å². The molecule has 0 aromatic heterocycles. The highest BCUT2D eigenvalue weighted by molar-refractivity contribution is 6.30. The van der Waals surface area contributed by atoms with E-state index in [0.717, 1.165) is 36.1 Å². The van der Waals surface area contributed by atoms with Crippen LogP contribution in [0.2, 0.25) is 5.02 Å². The van der Waals surface area contributed by atoms with E-state index in [0.29, 0.717) is 11.6 Å². The lowest BCUT2D eigenvalue weighted by molar-refractivity contribution is -0.141. The fourth-order valence-corrected chi connectivity index (χ4v) is 4.33. The van der Waals surface area contributed by atoms with Crippen LogP contribution in [-0.2, 0) is 27.3 Å². The summed E-state index contributed by atoms with van der Waals surface area (Å²) in [6, 6.07) is 25.6. The molecule has 1 fully saturated rings. The van der Waals surface area contributed by atoms with Gasteiger partial charge in [0.25, 0.3) is 0 Å². The number of halogens is 1. The third-order valence-electron chi connectivity index (χ3n) is 5.99. The first-order valence-electron chi connectivity index (χ1n) is 11.6. The fraction of sp³-hybridized carbons (Fsp3) is 0.286. The largest absolute Gasteiger partial charge is 0.376 e. The monoisotopic (exact) mass is 476 g/mol. The van der Waals surface area contributed by atoms with E-state index in [1.165, 1.54) is 0 Å². The number of ether oxygens (including phenoxy) is 1. The molecule has 0 spiro atoms. The molecule has 34 heavy (non-hydrogen) atoms. The zero-order valence-electron chi connectivity index (χ0n) is 19.0. The Morgan fingerprint density at radius 1 is 0.941 bits per heavy atom. The van der Waals surface area contributed by atoms with Gasteiger partial charge in [0, 0.05) is 24.7 Å². The Kier molecular flexibility index (Phi) is 8.34. The number of amides is 2. The smallest absolute Gasteiger partial charge is 0.247 e. The quantitative estimate of drug-likeness (QED) is 0.475. The molecule has 2 unspecified atom stereocenters. The first-order chi connectivity index (χ1) is 16.6. The maximum atomic E-state index is 13.7. The maximum absolute atomic E-state index is 13.7. The third kappa shape index (κ3) is 6.46. The molecule has 1 N–H and O–H groups in total. The Morgan fingerprint density at radius 3 is 2.26 bits per heavy atom. The van der Waals surface area contributed by atoms with Crippen molar-refractivity contribution in [3.63, 3.8) is 0 Å². The standard InChI is InChI=1S/C28H29ClN2O3/c29-24-15-13-22(14-16-24)20-31(26(32)18-21-8-3-1-4-9-21)27(23-10-5-2-6-11-23)28(33)30-19-25-12-7-17-34-25/h1-6,8-11,13-16,25,27H,7,12,17-20H2,(H,30,33). The summed E-state index contributed by atoms with van der Waals surface area (Å²) in [5, 5.41) is 3.66. The van der Waals surface area contributed by atoms with Crippen LogP contribution in [0.1, 0.15) is 35.6 Å². The van der Waals surface area contributed by atoms with Gasteiger partial charge in [0.2, 0.25) is 11.8 Å². The van der Waals surface area contributed by atoms with E-state index < -0.39 is 6.04 Å². The Morgan fingerprint density at radius 2 is 1.62 bits per heavy atom. The third-order valence-corrected chi connectivity index (χ3v) is 6.24. The van der Waals surface area contributed by atoms with Gasteiger partial charge in [-0.15, -0.1) is 0 Å². The number of carbonyl (C=O) groups is 2. The average Bonchev–Trinajstić information content (AvgIpc) is 3.39. The zero-order chi connectivity index (χ0) is 23.8. The fourth-order valence-electron chi connectivity index (χ4n) is 4.21. The first kappa shape index (κ1) is 24.0. The van der Waals surface area contributed by atoms with Crippen molar-refractivity contribution in [2.24, 2.45) is 0 Å². The molecule has 1 aliphatic heterocycles. The van der Waals surface area contributed by atoms with Gasteiger partial charge >= 0.3 is 0 Å². The molecule has 0 radical (unpaired) electrons. The number of hydrogen-bond donors (Lipinski definition) is 1. The molecule has 2 atom stereocenters. The van der Waals surface area contributed by atoms with Gasteiger partial charge in [-0.2, -0.15) is 0 Å². The predicted octanol–water partition coefficient (Wildman–Crippen LogP) is 4.95. The summed E-state index contributed by atoms with van der Waals surface area (Å²) in [6.07, 6.45) is 2.15. The van der Waals surface area contributed by atoms with Crippen molar-refractivity contribution in [3.8, 4) is 0 Å². The minimum Gasteiger partial charge on any atom is -0.376 e. The number of rotatable bonds is 9. The van der Waals surface area contributed by atoms with E-state index in [-0.39, 0.29) is 30.9 Å². The van der Waals surface area contributed by atoms with Gasteiger partial charge in [0.1, 0.15) is 6.04 Å². The van der Waals surface area contributed by atoms with Gasteiger partial charge < -0.3 is 15.0 Å². The number of benzene rings is 3. The first-order valence-corrected chi connectivity index (χ1v) is 12.0. The lowest BCUT2D eigenvalue weighted by Gasteiger charge is -2.32. The van der Waals surface area contributed by atoms with E-state index >= 15 is 0 Å². The summed E-state index contributed by atoms with van der Waals surface area (Å²) >= 11 is 6.07. The summed E-state index contributed by atoms with van der Waals surface area (Å²) < 4.78 is 5.67. The lowest BCUT2D eigenvalue weighted by Crippen LogP contribution is -2.45.